The molecule has 4 nitrogen and oxygen atoms in total. The van der Waals surface area contributed by atoms with Gasteiger partial charge in [0, 0.05) is 6.54 Å². The molecule has 17 heavy (non-hydrogen) atoms. The molecule has 1 aromatic heterocycles. The zero-order valence-corrected chi connectivity index (χ0v) is 12.9. The van der Waals surface area contributed by atoms with E-state index in [1.54, 1.807) is 19.1 Å². The highest BCUT2D eigenvalue weighted by atomic mass is 79.9. The Labute approximate surface area is 114 Å². The molecule has 0 aliphatic rings. The lowest BCUT2D eigenvalue weighted by atomic mass is 10.1. The fourth-order valence-corrected chi connectivity index (χ4v) is 4.65. The molecule has 0 aliphatic carbocycles. The van der Waals surface area contributed by atoms with Gasteiger partial charge in [-0.05, 0) is 47.3 Å². The van der Waals surface area contributed by atoms with E-state index >= 15 is 0 Å². The molecule has 0 amide bonds. The summed E-state index contributed by atoms with van der Waals surface area (Å²) in [5, 5.41) is 9.19. The van der Waals surface area contributed by atoms with Gasteiger partial charge in [-0.2, -0.15) is 0 Å². The first-order valence-electron chi connectivity index (χ1n) is 5.24. The largest absolute Gasteiger partial charge is 0.393 e. The van der Waals surface area contributed by atoms with Crippen molar-refractivity contribution in [2.45, 2.75) is 30.6 Å². The molecule has 1 aromatic rings. The highest BCUT2D eigenvalue weighted by molar-refractivity contribution is 9.11. The van der Waals surface area contributed by atoms with E-state index in [4.69, 9.17) is 0 Å². The number of nitrogens with one attached hydrogen (secondary N) is 1. The normalized spacial score (nSPS) is 15.8. The lowest BCUT2D eigenvalue weighted by Gasteiger charge is -2.13. The first-order valence-corrected chi connectivity index (χ1v) is 8.33. The van der Waals surface area contributed by atoms with Crippen LogP contribution in [0.5, 0.6) is 0 Å². The molecule has 1 rings (SSSR count). The lowest BCUT2D eigenvalue weighted by molar-refractivity contribution is 0.165. The van der Waals surface area contributed by atoms with Crippen molar-refractivity contribution in [2.24, 2.45) is 5.92 Å². The van der Waals surface area contributed by atoms with Gasteiger partial charge < -0.3 is 5.11 Å². The monoisotopic (exact) mass is 341 g/mol. The van der Waals surface area contributed by atoms with Gasteiger partial charge in [-0.3, -0.25) is 0 Å². The van der Waals surface area contributed by atoms with Crippen LogP contribution in [0, 0.1) is 5.92 Å². The van der Waals surface area contributed by atoms with Crippen molar-refractivity contribution in [2.75, 3.05) is 6.54 Å². The second-order valence-electron chi connectivity index (χ2n) is 4.10. The second kappa shape index (κ2) is 6.29. The zero-order valence-electron chi connectivity index (χ0n) is 9.68. The minimum Gasteiger partial charge on any atom is -0.393 e. The topological polar surface area (TPSA) is 66.4 Å². The van der Waals surface area contributed by atoms with Crippen LogP contribution < -0.4 is 4.72 Å². The Morgan fingerprint density at radius 2 is 2.12 bits per heavy atom. The molecule has 7 heteroatoms. The van der Waals surface area contributed by atoms with Gasteiger partial charge in [0.1, 0.15) is 4.21 Å². The van der Waals surface area contributed by atoms with Crippen molar-refractivity contribution >= 4 is 37.3 Å². The van der Waals surface area contributed by atoms with Gasteiger partial charge in [-0.15, -0.1) is 11.3 Å². The molecule has 1 heterocycles. The molecular weight excluding hydrogens is 326 g/mol. The summed E-state index contributed by atoms with van der Waals surface area (Å²) in [6.07, 6.45) is 0.168. The standard InChI is InChI=1S/C10H16BrNO3S2/c1-7(5-8(2)13)6-12-17(14,15)10-4-3-9(11)16-10/h3-4,7-8,12-13H,5-6H2,1-2H3. The summed E-state index contributed by atoms with van der Waals surface area (Å²) in [6, 6.07) is 3.27. The maximum atomic E-state index is 11.9. The summed E-state index contributed by atoms with van der Waals surface area (Å²) in [7, 11) is -3.41. The maximum Gasteiger partial charge on any atom is 0.250 e. The van der Waals surface area contributed by atoms with E-state index in [1.165, 1.54) is 11.3 Å². The van der Waals surface area contributed by atoms with Crippen LogP contribution in [0.1, 0.15) is 20.3 Å². The van der Waals surface area contributed by atoms with Gasteiger partial charge in [0.05, 0.1) is 9.89 Å². The van der Waals surface area contributed by atoms with Crippen LogP contribution in [0.4, 0.5) is 0 Å². The van der Waals surface area contributed by atoms with Gasteiger partial charge in [-0.25, -0.2) is 13.1 Å². The highest BCUT2D eigenvalue weighted by Crippen LogP contribution is 2.25. The van der Waals surface area contributed by atoms with Gasteiger partial charge in [0.2, 0.25) is 10.0 Å². The average molecular weight is 342 g/mol. The first kappa shape index (κ1) is 15.1. The molecule has 2 unspecified atom stereocenters. The van der Waals surface area contributed by atoms with Gasteiger partial charge >= 0.3 is 0 Å². The smallest absolute Gasteiger partial charge is 0.250 e. The Kier molecular flexibility index (Phi) is 5.59. The van der Waals surface area contributed by atoms with Crippen molar-refractivity contribution in [3.63, 3.8) is 0 Å². The predicted molar refractivity (Wildman–Crippen MR) is 72.7 cm³/mol. The number of sulfonamides is 1. The Hall–Kier alpha value is 0.0500. The van der Waals surface area contributed by atoms with E-state index in [9.17, 15) is 13.5 Å². The molecule has 0 saturated carbocycles. The summed E-state index contributed by atoms with van der Waals surface area (Å²) < 4.78 is 27.3. The molecule has 0 saturated heterocycles. The van der Waals surface area contributed by atoms with Crippen LogP contribution >= 0.6 is 27.3 Å². The summed E-state index contributed by atoms with van der Waals surface area (Å²) in [6.45, 7) is 3.93. The van der Waals surface area contributed by atoms with Crippen molar-refractivity contribution in [3.05, 3.63) is 15.9 Å². The molecular formula is C10H16BrNO3S2. The van der Waals surface area contributed by atoms with Crippen molar-refractivity contribution in [1.29, 1.82) is 0 Å². The van der Waals surface area contributed by atoms with E-state index in [0.717, 1.165) is 3.79 Å². The Balaban J connectivity index is 2.56. The molecule has 0 fully saturated rings. The molecule has 0 bridgehead atoms. The SMILES string of the molecule is CC(O)CC(C)CNS(=O)(=O)c1ccc(Br)s1. The third kappa shape index (κ3) is 5.05. The third-order valence-corrected chi connectivity index (χ3v) is 5.72. The lowest BCUT2D eigenvalue weighted by Crippen LogP contribution is -2.29. The average Bonchev–Trinajstić information content (AvgIpc) is 2.62. The van der Waals surface area contributed by atoms with Crippen LogP contribution in [-0.4, -0.2) is 26.2 Å². The fourth-order valence-electron chi connectivity index (χ4n) is 1.43. The zero-order chi connectivity index (χ0) is 13.1. The van der Waals surface area contributed by atoms with Crippen molar-refractivity contribution < 1.29 is 13.5 Å². The van der Waals surface area contributed by atoms with E-state index in [2.05, 4.69) is 20.7 Å². The van der Waals surface area contributed by atoms with Crippen molar-refractivity contribution in [1.82, 2.24) is 4.72 Å². The molecule has 2 N–H and O–H groups in total. The van der Waals surface area contributed by atoms with Gasteiger partial charge in [0.15, 0.2) is 0 Å². The Bertz CT molecular complexity index is 456. The van der Waals surface area contributed by atoms with Crippen LogP contribution in [-0.2, 0) is 10.0 Å². The Morgan fingerprint density at radius 1 is 1.47 bits per heavy atom. The fraction of sp³-hybridized carbons (Fsp3) is 0.600. The summed E-state index contributed by atoms with van der Waals surface area (Å²) in [5.74, 6) is 0.105. The highest BCUT2D eigenvalue weighted by Gasteiger charge is 2.17. The number of hydrogen-bond acceptors (Lipinski definition) is 4. The van der Waals surface area contributed by atoms with E-state index in [1.807, 2.05) is 6.92 Å². The number of rotatable bonds is 6. The minimum atomic E-state index is -3.41. The predicted octanol–water partition coefficient (Wildman–Crippen LogP) is 2.20. The van der Waals surface area contributed by atoms with Crippen LogP contribution in [0.15, 0.2) is 20.1 Å². The number of aliphatic hydroxyl groups is 1. The van der Waals surface area contributed by atoms with E-state index < -0.39 is 16.1 Å². The molecule has 0 aliphatic heterocycles. The molecule has 0 spiro atoms. The van der Waals surface area contributed by atoms with Crippen LogP contribution in [0.2, 0.25) is 0 Å². The number of aliphatic hydroxyl groups excluding tert-OH is 1. The minimum absolute atomic E-state index is 0.105. The molecule has 2 atom stereocenters. The molecule has 98 valence electrons. The number of halogens is 1. The second-order valence-corrected chi connectivity index (χ2v) is 8.56. The maximum absolute atomic E-state index is 11.9. The Morgan fingerprint density at radius 3 is 2.59 bits per heavy atom. The van der Waals surface area contributed by atoms with E-state index in [-0.39, 0.29) is 5.92 Å². The van der Waals surface area contributed by atoms with Crippen LogP contribution in [0.3, 0.4) is 0 Å². The summed E-state index contributed by atoms with van der Waals surface area (Å²) in [5.41, 5.74) is 0. The quantitative estimate of drug-likeness (QED) is 0.833. The van der Waals surface area contributed by atoms with Crippen molar-refractivity contribution in [3.8, 4) is 0 Å². The third-order valence-electron chi connectivity index (χ3n) is 2.18. The number of hydrogen-bond donors (Lipinski definition) is 2. The van der Waals surface area contributed by atoms with Crippen LogP contribution in [0.25, 0.3) is 0 Å². The summed E-state index contributed by atoms with van der Waals surface area (Å²) >= 11 is 4.41. The van der Waals surface area contributed by atoms with E-state index in [0.29, 0.717) is 17.2 Å². The van der Waals surface area contributed by atoms with Gasteiger partial charge in [-0.1, -0.05) is 6.92 Å². The van der Waals surface area contributed by atoms with Gasteiger partial charge in [0.25, 0.3) is 0 Å². The summed E-state index contributed by atoms with van der Waals surface area (Å²) in [4.78, 5) is 0. The number of thiophene rings is 1. The first-order chi connectivity index (χ1) is 7.81. The molecule has 0 aromatic carbocycles. The molecule has 0 radical (unpaired) electrons.